The van der Waals surface area contributed by atoms with Gasteiger partial charge in [0, 0.05) is 24.3 Å². The highest BCUT2D eigenvalue weighted by Gasteiger charge is 2.31. The van der Waals surface area contributed by atoms with E-state index in [2.05, 4.69) is 5.32 Å². The Hall–Kier alpha value is -1.59. The molecule has 0 bridgehead atoms. The Balaban J connectivity index is 2.31. The molecular weight excluding hydrogens is 268 g/mol. The molecule has 1 aliphatic rings. The normalized spacial score (nSPS) is 20.1. The van der Waals surface area contributed by atoms with Gasteiger partial charge >= 0.3 is 0 Å². The molecule has 1 amide bonds. The molecule has 1 heterocycles. The summed E-state index contributed by atoms with van der Waals surface area (Å²) in [7, 11) is 0. The van der Waals surface area contributed by atoms with Crippen molar-refractivity contribution < 1.29 is 14.6 Å². The van der Waals surface area contributed by atoms with Gasteiger partial charge in [-0.2, -0.15) is 0 Å². The predicted molar refractivity (Wildman–Crippen MR) is 82.3 cm³/mol. The van der Waals surface area contributed by atoms with Gasteiger partial charge in [0.15, 0.2) is 0 Å². The van der Waals surface area contributed by atoms with Gasteiger partial charge in [0.1, 0.15) is 6.04 Å². The van der Waals surface area contributed by atoms with Gasteiger partial charge < -0.3 is 20.1 Å². The number of carbonyl (C=O) groups is 1. The quantitative estimate of drug-likeness (QED) is 0.863. The zero-order chi connectivity index (χ0) is 15.2. The van der Waals surface area contributed by atoms with E-state index in [0.717, 1.165) is 11.3 Å². The Morgan fingerprint density at radius 3 is 2.95 bits per heavy atom. The molecule has 5 heteroatoms. The maximum atomic E-state index is 12.2. The zero-order valence-corrected chi connectivity index (χ0v) is 12.7. The molecule has 21 heavy (non-hydrogen) atoms. The van der Waals surface area contributed by atoms with Crippen LogP contribution in [0.3, 0.4) is 0 Å². The van der Waals surface area contributed by atoms with Gasteiger partial charge in [-0.15, -0.1) is 0 Å². The number of aliphatic hydroxyl groups is 1. The lowest BCUT2D eigenvalue weighted by Gasteiger charge is -2.37. The molecule has 1 saturated heterocycles. The van der Waals surface area contributed by atoms with Gasteiger partial charge in [-0.1, -0.05) is 25.1 Å². The number of benzene rings is 1. The summed E-state index contributed by atoms with van der Waals surface area (Å²) in [6, 6.07) is 7.40. The van der Waals surface area contributed by atoms with Crippen LogP contribution in [-0.4, -0.2) is 43.4 Å². The van der Waals surface area contributed by atoms with Gasteiger partial charge in [0.05, 0.1) is 19.3 Å². The van der Waals surface area contributed by atoms with Crippen molar-refractivity contribution in [1.29, 1.82) is 0 Å². The van der Waals surface area contributed by atoms with Crippen molar-refractivity contribution in [2.75, 3.05) is 31.2 Å². The Morgan fingerprint density at radius 1 is 1.48 bits per heavy atom. The Kier molecular flexibility index (Phi) is 5.59. The van der Waals surface area contributed by atoms with Crippen LogP contribution in [0.15, 0.2) is 24.3 Å². The molecule has 0 aliphatic carbocycles. The molecule has 1 unspecified atom stereocenters. The maximum Gasteiger partial charge on any atom is 0.245 e. The lowest BCUT2D eigenvalue weighted by Crippen LogP contribution is -2.54. The van der Waals surface area contributed by atoms with E-state index in [1.165, 1.54) is 0 Å². The van der Waals surface area contributed by atoms with Crippen LogP contribution in [0.1, 0.15) is 31.9 Å². The van der Waals surface area contributed by atoms with Crippen LogP contribution >= 0.6 is 0 Å². The summed E-state index contributed by atoms with van der Waals surface area (Å²) >= 11 is 0. The first-order valence-electron chi connectivity index (χ1n) is 7.58. The van der Waals surface area contributed by atoms with Gasteiger partial charge in [-0.25, -0.2) is 0 Å². The smallest absolute Gasteiger partial charge is 0.245 e. The summed E-state index contributed by atoms with van der Waals surface area (Å²) in [4.78, 5) is 14.3. The van der Waals surface area contributed by atoms with Crippen LogP contribution in [0, 0.1) is 0 Å². The lowest BCUT2D eigenvalue weighted by atomic mass is 10.0. The number of likely N-dealkylation sites (N-methyl/N-ethyl adjacent to an activating group) is 1. The number of ether oxygens (including phenoxy) is 1. The summed E-state index contributed by atoms with van der Waals surface area (Å²) in [6.45, 7) is 6.06. The van der Waals surface area contributed by atoms with E-state index in [0.29, 0.717) is 32.7 Å². The van der Waals surface area contributed by atoms with E-state index < -0.39 is 6.10 Å². The minimum atomic E-state index is -0.515. The third-order valence-corrected chi connectivity index (χ3v) is 3.77. The fourth-order valence-electron chi connectivity index (χ4n) is 2.65. The maximum absolute atomic E-state index is 12.2. The molecule has 116 valence electrons. The second-order valence-corrected chi connectivity index (χ2v) is 5.16. The first-order chi connectivity index (χ1) is 10.2. The van der Waals surface area contributed by atoms with Gasteiger partial charge in [-0.3, -0.25) is 4.79 Å². The largest absolute Gasteiger partial charge is 0.388 e. The van der Waals surface area contributed by atoms with E-state index in [-0.39, 0.29) is 11.9 Å². The van der Waals surface area contributed by atoms with Crippen molar-refractivity contribution in [3.63, 3.8) is 0 Å². The van der Waals surface area contributed by atoms with Crippen LogP contribution in [0.2, 0.25) is 0 Å². The van der Waals surface area contributed by atoms with Gasteiger partial charge in [0.2, 0.25) is 5.91 Å². The third-order valence-electron chi connectivity index (χ3n) is 3.77. The second-order valence-electron chi connectivity index (χ2n) is 5.16. The number of hydrogen-bond donors (Lipinski definition) is 2. The molecule has 5 nitrogen and oxygen atoms in total. The predicted octanol–water partition coefficient (Wildman–Crippen LogP) is 1.47. The van der Waals surface area contributed by atoms with E-state index in [1.807, 2.05) is 43.0 Å². The monoisotopic (exact) mass is 292 g/mol. The van der Waals surface area contributed by atoms with Crippen molar-refractivity contribution in [1.82, 2.24) is 5.32 Å². The molecule has 1 aromatic carbocycles. The topological polar surface area (TPSA) is 61.8 Å². The highest BCUT2D eigenvalue weighted by molar-refractivity contribution is 5.86. The highest BCUT2D eigenvalue weighted by atomic mass is 16.5. The molecule has 2 N–H and O–H groups in total. The summed E-state index contributed by atoms with van der Waals surface area (Å²) < 4.78 is 5.46. The van der Waals surface area contributed by atoms with Crippen molar-refractivity contribution >= 4 is 11.6 Å². The molecule has 0 aromatic heterocycles. The third kappa shape index (κ3) is 3.54. The number of nitrogens with zero attached hydrogens (tertiary/aromatic N) is 1. The van der Waals surface area contributed by atoms with E-state index in [4.69, 9.17) is 4.74 Å². The van der Waals surface area contributed by atoms with Crippen molar-refractivity contribution in [3.8, 4) is 0 Å². The molecule has 1 aliphatic heterocycles. The first kappa shape index (κ1) is 15.8. The molecule has 2 rings (SSSR count). The number of amides is 1. The summed E-state index contributed by atoms with van der Waals surface area (Å²) in [5, 5.41) is 13.1. The van der Waals surface area contributed by atoms with Gasteiger partial charge in [0.25, 0.3) is 0 Å². The molecule has 1 fully saturated rings. The van der Waals surface area contributed by atoms with Crippen molar-refractivity contribution in [2.24, 2.45) is 0 Å². The molecule has 1 aromatic rings. The Labute approximate surface area is 125 Å². The molecule has 2 atom stereocenters. The lowest BCUT2D eigenvalue weighted by molar-refractivity contribution is -0.124. The number of anilines is 1. The van der Waals surface area contributed by atoms with Crippen molar-refractivity contribution in [2.45, 2.75) is 32.4 Å². The second kappa shape index (κ2) is 7.43. The summed E-state index contributed by atoms with van der Waals surface area (Å²) in [6.07, 6.45) is 0.131. The number of nitrogens with one attached hydrogen (secondary N) is 1. The van der Waals surface area contributed by atoms with Crippen LogP contribution in [0.5, 0.6) is 0 Å². The Morgan fingerprint density at radius 2 is 2.24 bits per heavy atom. The minimum Gasteiger partial charge on any atom is -0.388 e. The number of morpholine rings is 1. The van der Waals surface area contributed by atoms with E-state index >= 15 is 0 Å². The van der Waals surface area contributed by atoms with Crippen LogP contribution in [0.4, 0.5) is 5.69 Å². The summed E-state index contributed by atoms with van der Waals surface area (Å²) in [5.41, 5.74) is 1.79. The number of carbonyl (C=O) groups excluding carboxylic acids is 1. The fraction of sp³-hybridized carbons (Fsp3) is 0.562. The standard InChI is InChI=1S/C16H24N2O3/c1-3-15(19)12-7-5-6-8-13(12)18-9-10-21-11-14(18)16(20)17-4-2/h5-8,14-15,19H,3-4,9-11H2,1-2H3,(H,17,20)/t14?,15-/m0/s1. The number of hydrogen-bond acceptors (Lipinski definition) is 4. The van der Waals surface area contributed by atoms with Crippen LogP contribution in [0.25, 0.3) is 0 Å². The van der Waals surface area contributed by atoms with E-state index in [9.17, 15) is 9.90 Å². The van der Waals surface area contributed by atoms with Crippen molar-refractivity contribution in [3.05, 3.63) is 29.8 Å². The Bertz CT molecular complexity index is 478. The SMILES string of the molecule is CCNC(=O)C1COCCN1c1ccccc1[C@@H](O)CC. The first-order valence-corrected chi connectivity index (χ1v) is 7.58. The molecule has 0 radical (unpaired) electrons. The van der Waals surface area contributed by atoms with Crippen LogP contribution < -0.4 is 10.2 Å². The molecular formula is C16H24N2O3. The van der Waals surface area contributed by atoms with Gasteiger partial charge in [-0.05, 0) is 19.4 Å². The number of para-hydroxylation sites is 1. The fourth-order valence-corrected chi connectivity index (χ4v) is 2.65. The number of aliphatic hydroxyl groups excluding tert-OH is 1. The highest BCUT2D eigenvalue weighted by Crippen LogP contribution is 2.30. The average molecular weight is 292 g/mol. The molecule has 0 spiro atoms. The van der Waals surface area contributed by atoms with Crippen LogP contribution in [-0.2, 0) is 9.53 Å². The zero-order valence-electron chi connectivity index (χ0n) is 12.7. The van der Waals surface area contributed by atoms with E-state index in [1.54, 1.807) is 0 Å². The minimum absolute atomic E-state index is 0.0296. The number of rotatable bonds is 5. The summed E-state index contributed by atoms with van der Waals surface area (Å²) in [5.74, 6) is -0.0296. The molecule has 0 saturated carbocycles. The average Bonchev–Trinajstić information content (AvgIpc) is 2.54.